The minimum Gasteiger partial charge on any atom is -0.353 e. The Kier molecular flexibility index (Phi) is 4.13. The van der Waals surface area contributed by atoms with Gasteiger partial charge in [-0.15, -0.1) is 0 Å². The number of Topliss-reactive ketones (excluding diaryl/α,β-unsaturated/α-hetero) is 1. The largest absolute Gasteiger partial charge is 0.353 e. The Morgan fingerprint density at radius 1 is 0.964 bits per heavy atom. The molecular weight excluding hydrogens is 348 g/mol. The van der Waals surface area contributed by atoms with Gasteiger partial charge in [0, 0.05) is 18.9 Å². The number of hydrogen-bond acceptors (Lipinski definition) is 3. The van der Waals surface area contributed by atoms with Gasteiger partial charge in [0.15, 0.2) is 6.29 Å². The van der Waals surface area contributed by atoms with Crippen molar-refractivity contribution in [3.63, 3.8) is 0 Å². The van der Waals surface area contributed by atoms with E-state index < -0.39 is 0 Å². The number of carbonyl (C=O) groups excluding carboxylic acids is 1. The van der Waals surface area contributed by atoms with Crippen LogP contribution in [0.4, 0.5) is 0 Å². The van der Waals surface area contributed by atoms with E-state index in [4.69, 9.17) is 9.47 Å². The Hall–Kier alpha value is -0.410. The van der Waals surface area contributed by atoms with Gasteiger partial charge in [-0.2, -0.15) is 0 Å². The molecule has 6 rings (SSSR count). The van der Waals surface area contributed by atoms with Gasteiger partial charge >= 0.3 is 0 Å². The molecule has 5 saturated carbocycles. The molecule has 1 saturated heterocycles. The van der Waals surface area contributed by atoms with Crippen molar-refractivity contribution < 1.29 is 14.3 Å². The molecular formula is C25H38O3. The highest BCUT2D eigenvalue weighted by atomic mass is 16.7. The van der Waals surface area contributed by atoms with E-state index in [1.807, 2.05) is 0 Å². The molecule has 1 heterocycles. The summed E-state index contributed by atoms with van der Waals surface area (Å²) in [4.78, 5) is 12.4. The summed E-state index contributed by atoms with van der Waals surface area (Å²) in [6.45, 7) is 6.03. The number of rotatable bonds is 2. The van der Waals surface area contributed by atoms with E-state index in [1.54, 1.807) is 0 Å². The lowest BCUT2D eigenvalue weighted by atomic mass is 9.45. The van der Waals surface area contributed by atoms with E-state index in [1.165, 1.54) is 57.8 Å². The van der Waals surface area contributed by atoms with Crippen LogP contribution in [0, 0.1) is 46.3 Å². The SMILES string of the molecule is C[C@]12CC[C@H]3[C@@H](CC[C@H]4CC(=O)[C@@H]5C[C@@H]5[C@@]43C)[C@@H]1CC[C@@H]2OC1CCCCO1. The number of ketones is 1. The third-order valence-electron chi connectivity index (χ3n) is 10.8. The molecule has 1 aliphatic heterocycles. The lowest BCUT2D eigenvalue weighted by Crippen LogP contribution is -2.55. The normalized spacial score (nSPS) is 57.7. The Balaban J connectivity index is 1.23. The van der Waals surface area contributed by atoms with E-state index in [0.717, 1.165) is 43.1 Å². The van der Waals surface area contributed by atoms with Crippen molar-refractivity contribution in [2.24, 2.45) is 46.3 Å². The molecule has 0 aromatic carbocycles. The summed E-state index contributed by atoms with van der Waals surface area (Å²) in [6.07, 6.45) is 14.0. The smallest absolute Gasteiger partial charge is 0.157 e. The highest BCUT2D eigenvalue weighted by molar-refractivity contribution is 5.85. The maximum absolute atomic E-state index is 12.4. The first-order valence-electron chi connectivity index (χ1n) is 12.3. The van der Waals surface area contributed by atoms with Crippen molar-refractivity contribution in [2.45, 2.75) is 96.9 Å². The van der Waals surface area contributed by atoms with E-state index in [-0.39, 0.29) is 6.29 Å². The van der Waals surface area contributed by atoms with E-state index in [0.29, 0.717) is 34.6 Å². The maximum atomic E-state index is 12.4. The zero-order valence-corrected chi connectivity index (χ0v) is 17.8. The fraction of sp³-hybridized carbons (Fsp3) is 0.960. The van der Waals surface area contributed by atoms with Crippen LogP contribution in [-0.4, -0.2) is 24.8 Å². The van der Waals surface area contributed by atoms with Crippen LogP contribution in [0.3, 0.4) is 0 Å². The van der Waals surface area contributed by atoms with Crippen LogP contribution in [0.1, 0.15) is 84.5 Å². The van der Waals surface area contributed by atoms with Gasteiger partial charge in [0.2, 0.25) is 0 Å². The van der Waals surface area contributed by atoms with Gasteiger partial charge in [0.05, 0.1) is 6.10 Å². The monoisotopic (exact) mass is 386 g/mol. The molecule has 28 heavy (non-hydrogen) atoms. The Labute approximate surface area is 170 Å². The average molecular weight is 387 g/mol. The van der Waals surface area contributed by atoms with Gasteiger partial charge in [-0.25, -0.2) is 0 Å². The highest BCUT2D eigenvalue weighted by Crippen LogP contribution is 2.72. The summed E-state index contributed by atoms with van der Waals surface area (Å²) >= 11 is 0. The summed E-state index contributed by atoms with van der Waals surface area (Å²) in [7, 11) is 0. The van der Waals surface area contributed by atoms with Crippen LogP contribution in [-0.2, 0) is 14.3 Å². The Bertz CT molecular complexity index is 654. The number of fused-ring (bicyclic) bond motifs is 7. The molecule has 0 amide bonds. The van der Waals surface area contributed by atoms with Crippen LogP contribution >= 0.6 is 0 Å². The average Bonchev–Trinajstić information content (AvgIpc) is 3.45. The predicted molar refractivity (Wildman–Crippen MR) is 108 cm³/mol. The molecule has 0 spiro atoms. The van der Waals surface area contributed by atoms with Crippen LogP contribution in [0.2, 0.25) is 0 Å². The molecule has 5 aliphatic carbocycles. The summed E-state index contributed by atoms with van der Waals surface area (Å²) in [5, 5.41) is 0. The third kappa shape index (κ3) is 2.44. The van der Waals surface area contributed by atoms with Gasteiger partial charge in [0.25, 0.3) is 0 Å². The zero-order chi connectivity index (χ0) is 19.1. The van der Waals surface area contributed by atoms with E-state index in [9.17, 15) is 4.79 Å². The number of ether oxygens (including phenoxy) is 2. The second kappa shape index (κ2) is 6.30. The van der Waals surface area contributed by atoms with Crippen molar-refractivity contribution in [3.05, 3.63) is 0 Å². The number of carbonyl (C=O) groups is 1. The van der Waals surface area contributed by atoms with Gasteiger partial charge in [-0.1, -0.05) is 13.8 Å². The minimum atomic E-state index is 0.0527. The minimum absolute atomic E-state index is 0.0527. The molecule has 0 radical (unpaired) electrons. The summed E-state index contributed by atoms with van der Waals surface area (Å²) in [5.41, 5.74) is 0.798. The standard InChI is InChI=1S/C25H38O3/c1-24-11-10-19-16(7-6-15-13-21(26)17-14-20(17)25(15,19)2)18(24)8-9-22(24)28-23-5-3-4-12-27-23/h15-20,22-23H,3-14H2,1-2H3/t15-,16-,17+,18-,19-,20-,22-,23?,24-,25-/m0/s1. The first-order chi connectivity index (χ1) is 13.5. The van der Waals surface area contributed by atoms with E-state index in [2.05, 4.69) is 13.8 Å². The van der Waals surface area contributed by atoms with Crippen molar-refractivity contribution >= 4 is 5.78 Å². The van der Waals surface area contributed by atoms with E-state index >= 15 is 0 Å². The molecule has 0 aromatic heterocycles. The first kappa shape index (κ1) is 18.4. The van der Waals surface area contributed by atoms with Crippen LogP contribution in [0.25, 0.3) is 0 Å². The molecule has 10 atom stereocenters. The van der Waals surface area contributed by atoms with Gasteiger partial charge in [-0.3, -0.25) is 4.79 Å². The molecule has 6 fully saturated rings. The summed E-state index contributed by atoms with van der Waals surface area (Å²) in [5.74, 6) is 5.00. The van der Waals surface area contributed by atoms with Crippen molar-refractivity contribution in [2.75, 3.05) is 6.61 Å². The zero-order valence-electron chi connectivity index (χ0n) is 17.8. The predicted octanol–water partition coefficient (Wildman–Crippen LogP) is 5.37. The second-order valence-corrected chi connectivity index (χ2v) is 11.7. The van der Waals surface area contributed by atoms with Gasteiger partial charge in [-0.05, 0) is 105 Å². The first-order valence-corrected chi connectivity index (χ1v) is 12.3. The highest BCUT2D eigenvalue weighted by Gasteiger charge is 2.68. The van der Waals surface area contributed by atoms with Crippen molar-refractivity contribution in [1.82, 2.24) is 0 Å². The molecule has 0 N–H and O–H groups in total. The third-order valence-corrected chi connectivity index (χ3v) is 10.8. The van der Waals surface area contributed by atoms with Crippen molar-refractivity contribution in [1.29, 1.82) is 0 Å². The van der Waals surface area contributed by atoms with Crippen molar-refractivity contribution in [3.8, 4) is 0 Å². The lowest BCUT2D eigenvalue weighted by molar-refractivity contribution is -0.219. The van der Waals surface area contributed by atoms with Crippen LogP contribution < -0.4 is 0 Å². The van der Waals surface area contributed by atoms with Crippen LogP contribution in [0.5, 0.6) is 0 Å². The maximum Gasteiger partial charge on any atom is 0.157 e. The van der Waals surface area contributed by atoms with Crippen LogP contribution in [0.15, 0.2) is 0 Å². The molecule has 6 aliphatic rings. The molecule has 1 unspecified atom stereocenters. The fourth-order valence-corrected chi connectivity index (χ4v) is 9.18. The molecule has 156 valence electrons. The van der Waals surface area contributed by atoms with Gasteiger partial charge < -0.3 is 9.47 Å². The second-order valence-electron chi connectivity index (χ2n) is 11.7. The topological polar surface area (TPSA) is 35.5 Å². The van der Waals surface area contributed by atoms with Gasteiger partial charge in [0.1, 0.15) is 5.78 Å². The fourth-order valence-electron chi connectivity index (χ4n) is 9.18. The lowest BCUT2D eigenvalue weighted by Gasteiger charge is -2.60. The quantitative estimate of drug-likeness (QED) is 0.640. The molecule has 3 heteroatoms. The Morgan fingerprint density at radius 2 is 1.86 bits per heavy atom. The summed E-state index contributed by atoms with van der Waals surface area (Å²) < 4.78 is 12.5. The molecule has 3 nitrogen and oxygen atoms in total. The molecule has 0 aromatic rings. The summed E-state index contributed by atoms with van der Waals surface area (Å²) in [6, 6.07) is 0. The Morgan fingerprint density at radius 3 is 2.68 bits per heavy atom. The number of hydrogen-bond donors (Lipinski definition) is 0. The molecule has 0 bridgehead atoms.